The van der Waals surface area contributed by atoms with Crippen LogP contribution in [0.2, 0.25) is 0 Å². The third-order valence-electron chi connectivity index (χ3n) is 3.00. The molecular weight excluding hydrogens is 234 g/mol. The molecule has 0 fully saturated rings. The molecular formula is C13H15NO4. The summed E-state index contributed by atoms with van der Waals surface area (Å²) in [6.07, 6.45) is 0. The van der Waals surface area contributed by atoms with Gasteiger partial charge in [0.15, 0.2) is 0 Å². The second kappa shape index (κ2) is 5.18. The van der Waals surface area contributed by atoms with Crippen molar-refractivity contribution in [2.45, 2.75) is 12.8 Å². The number of para-hydroxylation sites is 1. The van der Waals surface area contributed by atoms with E-state index in [9.17, 15) is 9.59 Å². The molecule has 5 nitrogen and oxygen atoms in total. The summed E-state index contributed by atoms with van der Waals surface area (Å²) < 4.78 is 5.08. The molecule has 1 heterocycles. The van der Waals surface area contributed by atoms with Crippen LogP contribution in [0.4, 0.5) is 5.69 Å². The molecule has 0 radical (unpaired) electrons. The second-order valence-corrected chi connectivity index (χ2v) is 4.09. The van der Waals surface area contributed by atoms with E-state index in [1.54, 1.807) is 24.3 Å². The Kier molecular flexibility index (Phi) is 3.62. The Morgan fingerprint density at radius 1 is 1.44 bits per heavy atom. The summed E-state index contributed by atoms with van der Waals surface area (Å²) >= 11 is 0. The van der Waals surface area contributed by atoms with Gasteiger partial charge in [-0.1, -0.05) is 18.2 Å². The van der Waals surface area contributed by atoms with E-state index >= 15 is 0 Å². The summed E-state index contributed by atoms with van der Waals surface area (Å²) in [4.78, 5) is 24.6. The molecule has 0 unspecified atom stereocenters. The van der Waals surface area contributed by atoms with Gasteiger partial charge in [0.2, 0.25) is 0 Å². The normalized spacial score (nSPS) is 17.6. The summed E-state index contributed by atoms with van der Waals surface area (Å²) in [5.74, 6) is -1.76. The van der Waals surface area contributed by atoms with Crippen LogP contribution < -0.4 is 4.90 Å². The molecule has 1 amide bonds. The summed E-state index contributed by atoms with van der Waals surface area (Å²) in [5, 5.41) is 9.17. The number of rotatable bonds is 4. The first kappa shape index (κ1) is 12.6. The lowest BCUT2D eigenvalue weighted by Gasteiger charge is -2.17. The van der Waals surface area contributed by atoms with E-state index in [2.05, 4.69) is 0 Å². The molecule has 0 spiro atoms. The lowest BCUT2D eigenvalue weighted by molar-refractivity contribution is -0.138. The van der Waals surface area contributed by atoms with Gasteiger partial charge in [0.25, 0.3) is 5.91 Å². The fourth-order valence-electron chi connectivity index (χ4n) is 2.12. The predicted molar refractivity (Wildman–Crippen MR) is 65.7 cm³/mol. The first-order chi connectivity index (χ1) is 8.65. The Morgan fingerprint density at radius 2 is 2.17 bits per heavy atom. The standard InChI is InChI=1S/C13H15NO4/c1-2-18-8-12(15)14-7-10(13(16)17)9-5-3-4-6-11(9)14/h3-6,10H,2,7-8H2,1H3,(H,16,17)/t10-/m1/s1. The molecule has 0 saturated heterocycles. The molecule has 1 atom stereocenters. The van der Waals surface area contributed by atoms with Crippen molar-refractivity contribution in [3.05, 3.63) is 29.8 Å². The van der Waals surface area contributed by atoms with Crippen LogP contribution in [-0.4, -0.2) is 36.7 Å². The average Bonchev–Trinajstić information content (AvgIpc) is 2.75. The number of nitrogens with zero attached hydrogens (tertiary/aromatic N) is 1. The van der Waals surface area contributed by atoms with Gasteiger partial charge in [0, 0.05) is 18.8 Å². The number of benzene rings is 1. The van der Waals surface area contributed by atoms with Gasteiger partial charge >= 0.3 is 5.97 Å². The number of hydrogen-bond donors (Lipinski definition) is 1. The average molecular weight is 249 g/mol. The minimum Gasteiger partial charge on any atom is -0.481 e. The van der Waals surface area contributed by atoms with Crippen LogP contribution in [0.15, 0.2) is 24.3 Å². The second-order valence-electron chi connectivity index (χ2n) is 4.09. The minimum absolute atomic E-state index is 0.0167. The molecule has 1 aromatic rings. The topological polar surface area (TPSA) is 66.8 Å². The number of aliphatic carboxylic acids is 1. The fourth-order valence-corrected chi connectivity index (χ4v) is 2.12. The van der Waals surface area contributed by atoms with Crippen LogP contribution in [-0.2, 0) is 14.3 Å². The monoisotopic (exact) mass is 249 g/mol. The zero-order valence-electron chi connectivity index (χ0n) is 10.1. The zero-order chi connectivity index (χ0) is 13.1. The third-order valence-corrected chi connectivity index (χ3v) is 3.00. The molecule has 5 heteroatoms. The molecule has 1 aliphatic rings. The highest BCUT2D eigenvalue weighted by atomic mass is 16.5. The Labute approximate surface area is 105 Å². The summed E-state index contributed by atoms with van der Waals surface area (Å²) in [5.41, 5.74) is 1.37. The highest BCUT2D eigenvalue weighted by Crippen LogP contribution is 2.36. The number of anilines is 1. The highest BCUT2D eigenvalue weighted by molar-refractivity contribution is 5.99. The van der Waals surface area contributed by atoms with Crippen LogP contribution in [0.1, 0.15) is 18.4 Å². The van der Waals surface area contributed by atoms with Gasteiger partial charge in [-0.15, -0.1) is 0 Å². The number of hydrogen-bond acceptors (Lipinski definition) is 3. The fraction of sp³-hybridized carbons (Fsp3) is 0.385. The van der Waals surface area contributed by atoms with Gasteiger partial charge in [-0.3, -0.25) is 9.59 Å². The molecule has 1 aromatic carbocycles. The van der Waals surface area contributed by atoms with Crippen molar-refractivity contribution in [1.82, 2.24) is 0 Å². The maximum atomic E-state index is 11.9. The van der Waals surface area contributed by atoms with E-state index in [0.29, 0.717) is 17.9 Å². The number of ether oxygens (including phenoxy) is 1. The van der Waals surface area contributed by atoms with Crippen molar-refractivity contribution in [3.63, 3.8) is 0 Å². The molecule has 0 aromatic heterocycles. The number of carbonyl (C=O) groups excluding carboxylic acids is 1. The van der Waals surface area contributed by atoms with E-state index in [1.807, 2.05) is 6.92 Å². The zero-order valence-corrected chi connectivity index (χ0v) is 10.1. The summed E-state index contributed by atoms with van der Waals surface area (Å²) in [6, 6.07) is 7.10. The molecule has 18 heavy (non-hydrogen) atoms. The number of carboxylic acids is 1. The van der Waals surface area contributed by atoms with E-state index in [4.69, 9.17) is 9.84 Å². The smallest absolute Gasteiger partial charge is 0.312 e. The van der Waals surface area contributed by atoms with Crippen molar-refractivity contribution >= 4 is 17.6 Å². The quantitative estimate of drug-likeness (QED) is 0.871. The lowest BCUT2D eigenvalue weighted by atomic mass is 10.0. The molecule has 1 aliphatic heterocycles. The van der Waals surface area contributed by atoms with Crippen LogP contribution in [0.5, 0.6) is 0 Å². The van der Waals surface area contributed by atoms with Crippen LogP contribution in [0.25, 0.3) is 0 Å². The summed E-state index contributed by atoms with van der Waals surface area (Å²) in [7, 11) is 0. The maximum absolute atomic E-state index is 11.9. The van der Waals surface area contributed by atoms with Crippen LogP contribution in [0, 0.1) is 0 Å². The van der Waals surface area contributed by atoms with Gasteiger partial charge in [-0.25, -0.2) is 0 Å². The molecule has 2 rings (SSSR count). The Morgan fingerprint density at radius 3 is 2.83 bits per heavy atom. The summed E-state index contributed by atoms with van der Waals surface area (Å²) in [6.45, 7) is 2.44. The number of amides is 1. The highest BCUT2D eigenvalue weighted by Gasteiger charge is 2.35. The van der Waals surface area contributed by atoms with Crippen molar-refractivity contribution < 1.29 is 19.4 Å². The number of carbonyl (C=O) groups is 2. The minimum atomic E-state index is -0.908. The van der Waals surface area contributed by atoms with Crippen molar-refractivity contribution in [1.29, 1.82) is 0 Å². The Hall–Kier alpha value is -1.88. The van der Waals surface area contributed by atoms with E-state index < -0.39 is 11.9 Å². The molecule has 0 saturated carbocycles. The van der Waals surface area contributed by atoms with Crippen molar-refractivity contribution in [3.8, 4) is 0 Å². The molecule has 0 bridgehead atoms. The molecule has 0 aliphatic carbocycles. The SMILES string of the molecule is CCOCC(=O)N1C[C@@H](C(=O)O)c2ccccc21. The predicted octanol–water partition coefficient (Wildman–Crippen LogP) is 1.24. The van der Waals surface area contributed by atoms with Crippen LogP contribution in [0.3, 0.4) is 0 Å². The maximum Gasteiger partial charge on any atom is 0.312 e. The Balaban J connectivity index is 2.25. The van der Waals surface area contributed by atoms with E-state index in [0.717, 1.165) is 0 Å². The number of carboxylic acid groups (broad SMARTS) is 1. The number of fused-ring (bicyclic) bond motifs is 1. The lowest BCUT2D eigenvalue weighted by Crippen LogP contribution is -2.34. The molecule has 96 valence electrons. The first-order valence-electron chi connectivity index (χ1n) is 5.85. The Bertz CT molecular complexity index is 472. The van der Waals surface area contributed by atoms with Gasteiger partial charge < -0.3 is 14.7 Å². The van der Waals surface area contributed by atoms with Gasteiger partial charge in [-0.2, -0.15) is 0 Å². The van der Waals surface area contributed by atoms with Crippen molar-refractivity contribution in [2.75, 3.05) is 24.7 Å². The largest absolute Gasteiger partial charge is 0.481 e. The van der Waals surface area contributed by atoms with Crippen molar-refractivity contribution in [2.24, 2.45) is 0 Å². The third kappa shape index (κ3) is 2.22. The van der Waals surface area contributed by atoms with Gasteiger partial charge in [0.05, 0.1) is 0 Å². The van der Waals surface area contributed by atoms with E-state index in [-0.39, 0.29) is 19.1 Å². The molecule has 1 N–H and O–H groups in total. The van der Waals surface area contributed by atoms with Crippen LogP contribution >= 0.6 is 0 Å². The van der Waals surface area contributed by atoms with Gasteiger partial charge in [0.1, 0.15) is 12.5 Å². The van der Waals surface area contributed by atoms with Gasteiger partial charge in [-0.05, 0) is 18.6 Å². The first-order valence-corrected chi connectivity index (χ1v) is 5.85. The van der Waals surface area contributed by atoms with E-state index in [1.165, 1.54) is 4.90 Å².